The molecule has 0 saturated heterocycles. The van der Waals surface area contributed by atoms with Crippen LogP contribution in [0.1, 0.15) is 27.0 Å². The Bertz CT molecular complexity index is 1220. The molecule has 0 aliphatic rings. The summed E-state index contributed by atoms with van der Waals surface area (Å²) in [5, 5.41) is 13.1. The summed E-state index contributed by atoms with van der Waals surface area (Å²) in [6.07, 6.45) is 2.94. The Morgan fingerprint density at radius 1 is 1.03 bits per heavy atom. The molecule has 0 unspecified atom stereocenters. The maximum Gasteiger partial charge on any atom is 0.251 e. The summed E-state index contributed by atoms with van der Waals surface area (Å²) in [7, 11) is 3.37. The molecule has 0 spiro atoms. The number of anilines is 1. The van der Waals surface area contributed by atoms with Crippen LogP contribution in [0.15, 0.2) is 53.6 Å². The van der Waals surface area contributed by atoms with Gasteiger partial charge in [-0.05, 0) is 67.6 Å². The number of benzene rings is 2. The van der Waals surface area contributed by atoms with Gasteiger partial charge in [0.15, 0.2) is 0 Å². The molecule has 9 heteroatoms. The predicted molar refractivity (Wildman–Crippen MR) is 139 cm³/mol. The maximum atomic E-state index is 11.9. The number of nitrogens with one attached hydrogen (secondary N) is 4. The quantitative estimate of drug-likeness (QED) is 0.254. The molecule has 176 valence electrons. The molecule has 8 nitrogen and oxygen atoms in total. The molecule has 1 amide bonds. The van der Waals surface area contributed by atoms with Crippen molar-refractivity contribution < 1.29 is 9.53 Å². The Labute approximate surface area is 203 Å². The number of amides is 1. The van der Waals surface area contributed by atoms with Gasteiger partial charge in [0.25, 0.3) is 5.91 Å². The first-order valence-electron chi connectivity index (χ1n) is 10.6. The number of hydrogen-bond donors (Lipinski definition) is 4. The lowest BCUT2D eigenvalue weighted by Crippen LogP contribution is -2.17. The maximum absolute atomic E-state index is 11.9. The average molecular weight is 477 g/mol. The van der Waals surface area contributed by atoms with Gasteiger partial charge in [-0.25, -0.2) is 4.98 Å². The summed E-state index contributed by atoms with van der Waals surface area (Å²) in [6.45, 7) is 5.96. The average Bonchev–Trinajstić information content (AvgIpc) is 2.82. The van der Waals surface area contributed by atoms with Gasteiger partial charge in [-0.15, -0.1) is 0 Å². The molecule has 1 heterocycles. The summed E-state index contributed by atoms with van der Waals surface area (Å²) >= 11 is 1.22. The van der Waals surface area contributed by atoms with E-state index in [4.69, 9.17) is 15.1 Å². The number of nitrogens with zero attached hydrogens (tertiary/aromatic N) is 2. The SMILES string of the molecule is CN/C=C(\C=N)SNc1nc(Oc2ccc(C(=O)NC)cc2C)cc(-c2c(C)cccc2C)n1. The van der Waals surface area contributed by atoms with Crippen LogP contribution in [0, 0.1) is 26.2 Å². The summed E-state index contributed by atoms with van der Waals surface area (Å²) in [5.74, 6) is 1.14. The van der Waals surface area contributed by atoms with Gasteiger partial charge in [0.2, 0.25) is 11.8 Å². The van der Waals surface area contributed by atoms with Crippen molar-refractivity contribution >= 4 is 30.0 Å². The molecule has 0 atom stereocenters. The van der Waals surface area contributed by atoms with Gasteiger partial charge in [0.1, 0.15) is 5.75 Å². The van der Waals surface area contributed by atoms with Crippen LogP contribution in [0.3, 0.4) is 0 Å². The number of carbonyl (C=O) groups excluding carboxylic acids is 1. The molecule has 0 bridgehead atoms. The molecular formula is C25H28N6O2S. The molecule has 4 N–H and O–H groups in total. The lowest BCUT2D eigenvalue weighted by molar-refractivity contribution is 0.0963. The van der Waals surface area contributed by atoms with E-state index < -0.39 is 0 Å². The van der Waals surface area contributed by atoms with Crippen molar-refractivity contribution in [3.63, 3.8) is 0 Å². The fourth-order valence-corrected chi connectivity index (χ4v) is 3.92. The van der Waals surface area contributed by atoms with Crippen molar-refractivity contribution in [1.82, 2.24) is 20.6 Å². The van der Waals surface area contributed by atoms with Crippen molar-refractivity contribution in [2.24, 2.45) is 0 Å². The first kappa shape index (κ1) is 24.8. The summed E-state index contributed by atoms with van der Waals surface area (Å²) < 4.78 is 9.24. The number of carbonyl (C=O) groups is 1. The smallest absolute Gasteiger partial charge is 0.251 e. The number of aromatic nitrogens is 2. The van der Waals surface area contributed by atoms with Crippen LogP contribution < -0.4 is 20.1 Å². The lowest BCUT2D eigenvalue weighted by atomic mass is 10.00. The van der Waals surface area contributed by atoms with E-state index in [2.05, 4.69) is 20.3 Å². The first-order valence-corrected chi connectivity index (χ1v) is 11.4. The van der Waals surface area contributed by atoms with Crippen molar-refractivity contribution in [3.05, 3.63) is 75.8 Å². The first-order chi connectivity index (χ1) is 16.4. The van der Waals surface area contributed by atoms with Crippen molar-refractivity contribution in [2.45, 2.75) is 20.8 Å². The van der Waals surface area contributed by atoms with Crippen LogP contribution in [0.25, 0.3) is 11.3 Å². The number of ether oxygens (including phenoxy) is 1. The Balaban J connectivity index is 2.01. The predicted octanol–water partition coefficient (Wildman–Crippen LogP) is 4.99. The van der Waals surface area contributed by atoms with E-state index >= 15 is 0 Å². The van der Waals surface area contributed by atoms with Crippen molar-refractivity contribution in [1.29, 1.82) is 5.41 Å². The lowest BCUT2D eigenvalue weighted by Gasteiger charge is -2.14. The van der Waals surface area contributed by atoms with Gasteiger partial charge in [0.05, 0.1) is 10.6 Å². The van der Waals surface area contributed by atoms with E-state index in [1.54, 1.807) is 44.6 Å². The summed E-state index contributed by atoms with van der Waals surface area (Å²) in [5.41, 5.74) is 5.26. The van der Waals surface area contributed by atoms with E-state index in [9.17, 15) is 4.79 Å². The third kappa shape index (κ3) is 5.93. The van der Waals surface area contributed by atoms with Gasteiger partial charge in [-0.1, -0.05) is 18.2 Å². The topological polar surface area (TPSA) is 112 Å². The standard InChI is InChI=1S/C25H28N6O2S/c1-15-7-6-8-16(2)23(15)20-12-22(30-25(29-20)31-34-19(13-26)14-27-4)33-21-10-9-18(11-17(21)3)24(32)28-5/h6-14,26-27H,1-5H3,(H,28,32)(H,29,30,31)/b19-14+,26-13?. The molecule has 0 saturated carbocycles. The van der Waals surface area contributed by atoms with Crippen LogP contribution in [0.5, 0.6) is 11.6 Å². The summed E-state index contributed by atoms with van der Waals surface area (Å²) in [4.78, 5) is 21.8. The normalized spacial score (nSPS) is 11.0. The Morgan fingerprint density at radius 2 is 1.76 bits per heavy atom. The van der Waals surface area contributed by atoms with Crippen molar-refractivity contribution in [3.8, 4) is 22.9 Å². The van der Waals surface area contributed by atoms with E-state index in [1.165, 1.54) is 18.2 Å². The highest BCUT2D eigenvalue weighted by Gasteiger charge is 2.14. The monoisotopic (exact) mass is 476 g/mol. The zero-order chi connectivity index (χ0) is 24.7. The van der Waals surface area contributed by atoms with Gasteiger partial charge in [-0.3, -0.25) is 9.52 Å². The van der Waals surface area contributed by atoms with Gasteiger partial charge in [0, 0.05) is 43.7 Å². The van der Waals surface area contributed by atoms with Crippen LogP contribution in [-0.4, -0.2) is 36.2 Å². The van der Waals surface area contributed by atoms with Crippen LogP contribution in [0.2, 0.25) is 0 Å². The third-order valence-corrected chi connectivity index (χ3v) is 5.76. The second-order valence-corrected chi connectivity index (χ2v) is 8.41. The molecule has 3 rings (SSSR count). The molecule has 34 heavy (non-hydrogen) atoms. The molecule has 2 aromatic carbocycles. The minimum absolute atomic E-state index is 0.158. The molecule has 1 aromatic heterocycles. The molecule has 3 aromatic rings. The Hall–Kier alpha value is -3.85. The number of allylic oxidation sites excluding steroid dienone is 1. The van der Waals surface area contributed by atoms with E-state index in [0.29, 0.717) is 28.0 Å². The van der Waals surface area contributed by atoms with E-state index in [0.717, 1.165) is 27.9 Å². The highest BCUT2D eigenvalue weighted by molar-refractivity contribution is 8.05. The molecule has 0 radical (unpaired) electrons. The van der Waals surface area contributed by atoms with Gasteiger partial charge < -0.3 is 20.8 Å². The Morgan fingerprint density at radius 3 is 2.38 bits per heavy atom. The minimum Gasteiger partial charge on any atom is -0.439 e. The highest BCUT2D eigenvalue weighted by atomic mass is 32.2. The van der Waals surface area contributed by atoms with Crippen LogP contribution >= 0.6 is 11.9 Å². The van der Waals surface area contributed by atoms with Gasteiger partial charge in [-0.2, -0.15) is 4.98 Å². The minimum atomic E-state index is -0.158. The van der Waals surface area contributed by atoms with E-state index in [-0.39, 0.29) is 5.91 Å². The fraction of sp³-hybridized carbons (Fsp3) is 0.200. The Kier molecular flexibility index (Phi) is 8.26. The molecule has 0 fully saturated rings. The fourth-order valence-electron chi connectivity index (χ4n) is 3.38. The largest absolute Gasteiger partial charge is 0.439 e. The van der Waals surface area contributed by atoms with Gasteiger partial charge >= 0.3 is 0 Å². The van der Waals surface area contributed by atoms with E-state index in [1.807, 2.05) is 39.0 Å². The third-order valence-electron chi connectivity index (χ3n) is 5.01. The second kappa shape index (κ2) is 11.3. The molecular weight excluding hydrogens is 448 g/mol. The number of hydrogen-bond acceptors (Lipinski definition) is 8. The molecule has 0 aliphatic carbocycles. The summed E-state index contributed by atoms with van der Waals surface area (Å²) in [6, 6.07) is 13.1. The number of aryl methyl sites for hydroxylation is 3. The zero-order valence-corrected chi connectivity index (χ0v) is 20.6. The zero-order valence-electron chi connectivity index (χ0n) is 19.8. The highest BCUT2D eigenvalue weighted by Crippen LogP contribution is 2.32. The number of rotatable bonds is 9. The van der Waals surface area contributed by atoms with Crippen LogP contribution in [-0.2, 0) is 0 Å². The second-order valence-electron chi connectivity index (χ2n) is 7.53. The van der Waals surface area contributed by atoms with Crippen molar-refractivity contribution in [2.75, 3.05) is 18.8 Å². The molecule has 0 aliphatic heterocycles. The van der Waals surface area contributed by atoms with Crippen LogP contribution in [0.4, 0.5) is 5.95 Å².